The maximum Gasteiger partial charge on any atom is 0.407 e. The Morgan fingerprint density at radius 1 is 1.07 bits per heavy atom. The van der Waals surface area contributed by atoms with E-state index < -0.39 is 51.0 Å². The van der Waals surface area contributed by atoms with Gasteiger partial charge in [0.05, 0.1) is 17.9 Å². The smallest absolute Gasteiger partial charge is 0.407 e. The summed E-state index contributed by atoms with van der Waals surface area (Å²) in [5.74, 6) is -0.292. The highest BCUT2D eigenvalue weighted by Crippen LogP contribution is 2.29. The minimum atomic E-state index is -3.34. The predicted molar refractivity (Wildman–Crippen MR) is 170 cm³/mol. The highest BCUT2D eigenvalue weighted by atomic mass is 32.2. The van der Waals surface area contributed by atoms with E-state index in [0.717, 1.165) is 18.7 Å². The average molecular weight is 623 g/mol. The van der Waals surface area contributed by atoms with E-state index >= 15 is 0 Å². The lowest BCUT2D eigenvalue weighted by atomic mass is 9.94. The fourth-order valence-electron chi connectivity index (χ4n) is 6.24. The van der Waals surface area contributed by atoms with Crippen LogP contribution in [0.15, 0.2) is 30.3 Å². The van der Waals surface area contributed by atoms with E-state index in [9.17, 15) is 23.1 Å². The van der Waals surface area contributed by atoms with Crippen LogP contribution in [0.1, 0.15) is 67.4 Å². The second kappa shape index (κ2) is 14.3. The third kappa shape index (κ3) is 10.7. The number of amides is 2. The Balaban J connectivity index is 1.78. The number of piperazine rings is 1. The Bertz CT molecular complexity index is 1180. The van der Waals surface area contributed by atoms with Crippen LogP contribution in [0.25, 0.3) is 0 Å². The van der Waals surface area contributed by atoms with Crippen LogP contribution >= 0.6 is 0 Å². The van der Waals surface area contributed by atoms with Crippen molar-refractivity contribution in [2.24, 2.45) is 11.3 Å². The summed E-state index contributed by atoms with van der Waals surface area (Å²) in [4.78, 5) is 31.0. The van der Waals surface area contributed by atoms with E-state index in [4.69, 9.17) is 4.74 Å². The Labute approximate surface area is 258 Å². The van der Waals surface area contributed by atoms with E-state index in [-0.39, 0.29) is 36.0 Å². The first kappa shape index (κ1) is 35.3. The molecule has 2 heterocycles. The molecule has 0 unspecified atom stereocenters. The van der Waals surface area contributed by atoms with Crippen LogP contribution in [-0.2, 0) is 25.8 Å². The number of nitrogens with zero attached hydrogens (tertiary/aromatic N) is 2. The molecule has 2 aliphatic heterocycles. The molecular formula is C32H54N4O6S. The van der Waals surface area contributed by atoms with Gasteiger partial charge in [0.15, 0.2) is 9.84 Å². The number of rotatable bonds is 10. The highest BCUT2D eigenvalue weighted by molar-refractivity contribution is 7.92. The van der Waals surface area contributed by atoms with Gasteiger partial charge >= 0.3 is 6.09 Å². The number of alkyl carbamates (subject to hydrolysis) is 1. The van der Waals surface area contributed by atoms with Gasteiger partial charge in [0.1, 0.15) is 17.4 Å². The molecule has 0 saturated carbocycles. The van der Waals surface area contributed by atoms with Crippen molar-refractivity contribution in [3.8, 4) is 0 Å². The maximum atomic E-state index is 13.5. The fourth-order valence-corrected chi connectivity index (χ4v) is 8.55. The summed E-state index contributed by atoms with van der Waals surface area (Å²) in [5.41, 5.74) is 0.592. The molecule has 244 valence electrons. The molecule has 3 N–H and O–H groups in total. The zero-order chi connectivity index (χ0) is 32.2. The number of nitrogens with one attached hydrogen (secondary N) is 2. The summed E-state index contributed by atoms with van der Waals surface area (Å²) in [6.45, 7) is 18.9. The third-order valence-corrected chi connectivity index (χ3v) is 10.4. The van der Waals surface area contributed by atoms with Gasteiger partial charge in [-0.15, -0.1) is 0 Å². The van der Waals surface area contributed by atoms with Crippen molar-refractivity contribution >= 4 is 21.8 Å². The lowest BCUT2D eigenvalue weighted by Gasteiger charge is -2.44. The minimum absolute atomic E-state index is 0.0108. The van der Waals surface area contributed by atoms with Gasteiger partial charge in [-0.3, -0.25) is 14.6 Å². The molecular weight excluding hydrogens is 568 g/mol. The highest BCUT2D eigenvalue weighted by Gasteiger charge is 2.45. The molecule has 2 saturated heterocycles. The first-order valence-corrected chi connectivity index (χ1v) is 17.3. The van der Waals surface area contributed by atoms with Crippen molar-refractivity contribution in [1.82, 2.24) is 20.4 Å². The molecule has 11 heteroatoms. The molecule has 0 bridgehead atoms. The van der Waals surface area contributed by atoms with Crippen LogP contribution in [0.2, 0.25) is 0 Å². The topological polar surface area (TPSA) is 128 Å². The standard InChI is InChI=1S/C32H54N4O6S/c1-22(2)28-27(14-17-43(28,40)41)42-30(39)33-24(18-23-12-10-9-11-13-23)26(37)20-36-16-15-35(21-31(3,4)5)19-25(36)29(38)34-32(6,7)8/h9-13,22,24-28,37H,14-21H2,1-8H3,(H,33,39)(H,34,38)/t24-,25-,26+,27+,28+/m0/s1. The lowest BCUT2D eigenvalue weighted by Crippen LogP contribution is -2.63. The van der Waals surface area contributed by atoms with Crippen LogP contribution < -0.4 is 10.6 Å². The summed E-state index contributed by atoms with van der Waals surface area (Å²) < 4.78 is 30.8. The Morgan fingerprint density at radius 3 is 2.30 bits per heavy atom. The van der Waals surface area contributed by atoms with Crippen molar-refractivity contribution in [1.29, 1.82) is 0 Å². The molecule has 0 aromatic heterocycles. The molecule has 3 rings (SSSR count). The van der Waals surface area contributed by atoms with Gasteiger partial charge in [-0.05, 0) is 50.5 Å². The van der Waals surface area contributed by atoms with Crippen molar-refractivity contribution in [3.05, 3.63) is 35.9 Å². The molecule has 0 radical (unpaired) electrons. The molecule has 0 spiro atoms. The number of aliphatic hydroxyl groups excluding tert-OH is 1. The van der Waals surface area contributed by atoms with Crippen LogP contribution in [0, 0.1) is 11.3 Å². The molecule has 2 aliphatic rings. The van der Waals surface area contributed by atoms with Crippen LogP contribution in [0.5, 0.6) is 0 Å². The van der Waals surface area contributed by atoms with Gasteiger partial charge in [-0.1, -0.05) is 65.0 Å². The van der Waals surface area contributed by atoms with E-state index in [1.807, 2.05) is 69.9 Å². The molecule has 1 aromatic rings. The van der Waals surface area contributed by atoms with Crippen molar-refractivity contribution in [2.45, 2.75) is 103 Å². The fraction of sp³-hybridized carbons (Fsp3) is 0.750. The molecule has 2 fully saturated rings. The summed E-state index contributed by atoms with van der Waals surface area (Å²) in [6.07, 6.45) is -1.89. The SMILES string of the molecule is CC(C)[C@@H]1[C@H](OC(=O)N[C@@H](Cc2ccccc2)[C@H](O)CN2CCN(CC(C)(C)C)C[C@H]2C(=O)NC(C)(C)C)CCS1(=O)=O. The Morgan fingerprint density at radius 2 is 1.72 bits per heavy atom. The van der Waals surface area contributed by atoms with Crippen LogP contribution in [0.3, 0.4) is 0 Å². The van der Waals surface area contributed by atoms with Crippen molar-refractivity contribution < 1.29 is 27.9 Å². The van der Waals surface area contributed by atoms with Gasteiger partial charge < -0.3 is 20.5 Å². The number of β-amino-alcohol motifs (C(OH)–C–C–N with tert-alkyl or cyclic N) is 1. The quantitative estimate of drug-likeness (QED) is 0.364. The Hall–Kier alpha value is -2.21. The van der Waals surface area contributed by atoms with Gasteiger partial charge in [0.25, 0.3) is 0 Å². The third-order valence-electron chi connectivity index (χ3n) is 7.95. The number of aliphatic hydroxyl groups is 1. The first-order valence-electron chi connectivity index (χ1n) is 15.5. The van der Waals surface area contributed by atoms with Gasteiger partial charge in [-0.25, -0.2) is 13.2 Å². The number of sulfone groups is 1. The number of hydrogen-bond acceptors (Lipinski definition) is 8. The van der Waals surface area contributed by atoms with Gasteiger partial charge in [0.2, 0.25) is 5.91 Å². The number of carbonyl (C=O) groups is 2. The van der Waals surface area contributed by atoms with Gasteiger partial charge in [-0.2, -0.15) is 0 Å². The second-order valence-electron chi connectivity index (χ2n) is 14.9. The summed E-state index contributed by atoms with van der Waals surface area (Å²) in [5, 5.41) is 16.8. The predicted octanol–water partition coefficient (Wildman–Crippen LogP) is 2.84. The zero-order valence-corrected chi connectivity index (χ0v) is 28.1. The van der Waals surface area contributed by atoms with E-state index in [2.05, 4.69) is 36.3 Å². The van der Waals surface area contributed by atoms with E-state index in [1.54, 1.807) is 0 Å². The van der Waals surface area contributed by atoms with Crippen LogP contribution in [0.4, 0.5) is 4.79 Å². The minimum Gasteiger partial charge on any atom is -0.445 e. The lowest BCUT2D eigenvalue weighted by molar-refractivity contribution is -0.131. The molecule has 0 aliphatic carbocycles. The van der Waals surface area contributed by atoms with Crippen molar-refractivity contribution in [3.63, 3.8) is 0 Å². The summed E-state index contributed by atoms with van der Waals surface area (Å²) in [7, 11) is -3.34. The number of ether oxygens (including phenoxy) is 1. The normalized spacial score (nSPS) is 24.8. The number of hydrogen-bond donors (Lipinski definition) is 3. The van der Waals surface area contributed by atoms with Gasteiger partial charge in [0, 0.05) is 38.3 Å². The van der Waals surface area contributed by atoms with Crippen LogP contribution in [-0.4, -0.2) is 109 Å². The second-order valence-corrected chi connectivity index (χ2v) is 17.1. The average Bonchev–Trinajstić information content (AvgIpc) is 3.16. The zero-order valence-electron chi connectivity index (χ0n) is 27.3. The Kier molecular flexibility index (Phi) is 11.7. The first-order chi connectivity index (χ1) is 19.8. The molecule has 10 nitrogen and oxygen atoms in total. The largest absolute Gasteiger partial charge is 0.445 e. The van der Waals surface area contributed by atoms with Crippen molar-refractivity contribution in [2.75, 3.05) is 38.5 Å². The molecule has 1 aromatic carbocycles. The molecule has 43 heavy (non-hydrogen) atoms. The maximum absolute atomic E-state index is 13.5. The number of carbonyl (C=O) groups excluding carboxylic acids is 2. The molecule has 5 atom stereocenters. The molecule has 2 amide bonds. The summed E-state index contributed by atoms with van der Waals surface area (Å²) >= 11 is 0. The number of benzene rings is 1. The monoisotopic (exact) mass is 622 g/mol. The summed E-state index contributed by atoms with van der Waals surface area (Å²) in [6, 6.07) is 8.36. The van der Waals surface area contributed by atoms with E-state index in [1.165, 1.54) is 0 Å². The van der Waals surface area contributed by atoms with E-state index in [0.29, 0.717) is 19.5 Å².